The monoisotopic (exact) mass is 297 g/mol. The Morgan fingerprint density at radius 2 is 2.20 bits per heavy atom. The second-order valence-electron chi connectivity index (χ2n) is 6.29. The van der Waals surface area contributed by atoms with E-state index < -0.39 is 10.0 Å². The zero-order chi connectivity index (χ0) is 14.3. The maximum absolute atomic E-state index is 12.5. The van der Waals surface area contributed by atoms with Crippen LogP contribution in [0.25, 0.3) is 0 Å². The molecule has 0 amide bonds. The second-order valence-corrected chi connectivity index (χ2v) is 8.33. The van der Waals surface area contributed by atoms with Gasteiger partial charge in [-0.15, -0.1) is 0 Å². The summed E-state index contributed by atoms with van der Waals surface area (Å²) in [7, 11) is -1.70. The number of nitrogens with one attached hydrogen (secondary N) is 1. The van der Waals surface area contributed by atoms with Gasteiger partial charge >= 0.3 is 0 Å². The molecule has 2 fully saturated rings. The lowest BCUT2D eigenvalue weighted by Gasteiger charge is -2.26. The number of hydrogen-bond donors (Lipinski definition) is 2. The van der Waals surface area contributed by atoms with Crippen molar-refractivity contribution in [1.29, 1.82) is 0 Å². The fourth-order valence-electron chi connectivity index (χ4n) is 3.89. The van der Waals surface area contributed by atoms with Crippen molar-refractivity contribution in [3.05, 3.63) is 18.0 Å². The summed E-state index contributed by atoms with van der Waals surface area (Å²) in [5, 5.41) is 0. The van der Waals surface area contributed by atoms with Crippen molar-refractivity contribution >= 4 is 10.0 Å². The van der Waals surface area contributed by atoms with E-state index in [0.29, 0.717) is 23.9 Å². The summed E-state index contributed by atoms with van der Waals surface area (Å²) in [6.07, 6.45) is 6.67. The van der Waals surface area contributed by atoms with Gasteiger partial charge in [-0.1, -0.05) is 6.42 Å². The van der Waals surface area contributed by atoms with Gasteiger partial charge < -0.3 is 10.7 Å². The average Bonchev–Trinajstić information content (AvgIpc) is 3.14. The summed E-state index contributed by atoms with van der Waals surface area (Å²) < 4.78 is 26.6. The topological polar surface area (TPSA) is 79.2 Å². The first-order valence-corrected chi connectivity index (χ1v) is 8.78. The number of aromatic amines is 1. The molecule has 2 bridgehead atoms. The van der Waals surface area contributed by atoms with Crippen molar-refractivity contribution in [2.24, 2.45) is 23.5 Å². The van der Waals surface area contributed by atoms with Crippen LogP contribution in [0, 0.1) is 17.8 Å². The highest BCUT2D eigenvalue weighted by Gasteiger charge is 2.40. The zero-order valence-corrected chi connectivity index (χ0v) is 12.7. The molecule has 20 heavy (non-hydrogen) atoms. The van der Waals surface area contributed by atoms with Crippen LogP contribution in [-0.4, -0.2) is 31.3 Å². The van der Waals surface area contributed by atoms with Gasteiger partial charge in [0, 0.05) is 32.0 Å². The van der Waals surface area contributed by atoms with Crippen molar-refractivity contribution in [3.8, 4) is 0 Å². The van der Waals surface area contributed by atoms with Gasteiger partial charge in [0.25, 0.3) is 0 Å². The molecule has 2 aliphatic rings. The van der Waals surface area contributed by atoms with Crippen molar-refractivity contribution in [1.82, 2.24) is 9.29 Å². The lowest BCUT2D eigenvalue weighted by Crippen LogP contribution is -2.33. The number of nitrogens with zero attached hydrogens (tertiary/aromatic N) is 1. The van der Waals surface area contributed by atoms with E-state index in [2.05, 4.69) is 4.98 Å². The highest BCUT2D eigenvalue weighted by Crippen LogP contribution is 2.48. The molecular formula is C14H23N3O2S. The third-order valence-electron chi connectivity index (χ3n) is 5.02. The maximum Gasteiger partial charge on any atom is 0.244 e. The number of fused-ring (bicyclic) bond motifs is 2. The molecule has 3 atom stereocenters. The van der Waals surface area contributed by atoms with Gasteiger partial charge in [0.1, 0.15) is 0 Å². The number of H-pyrrole nitrogens is 1. The molecule has 5 nitrogen and oxygen atoms in total. The standard InChI is InChI=1S/C14H23N3O2S/c1-17(9-12-5-10-2-3-11(12)4-10)20(18,19)14-6-13(7-15)16-8-14/h6,8,10-12,16H,2-5,7,9,15H2,1H3. The van der Waals surface area contributed by atoms with Gasteiger partial charge in [-0.25, -0.2) is 12.7 Å². The molecule has 1 aromatic rings. The van der Waals surface area contributed by atoms with Gasteiger partial charge in [-0.2, -0.15) is 0 Å². The van der Waals surface area contributed by atoms with Crippen molar-refractivity contribution in [2.75, 3.05) is 13.6 Å². The molecule has 2 saturated carbocycles. The number of aromatic nitrogens is 1. The summed E-state index contributed by atoms with van der Waals surface area (Å²) in [6, 6.07) is 1.63. The van der Waals surface area contributed by atoms with E-state index in [1.807, 2.05) is 0 Å². The minimum atomic E-state index is -3.39. The normalized spacial score (nSPS) is 29.4. The van der Waals surface area contributed by atoms with Gasteiger partial charge in [0.05, 0.1) is 4.90 Å². The van der Waals surface area contributed by atoms with E-state index >= 15 is 0 Å². The van der Waals surface area contributed by atoms with Crippen molar-refractivity contribution < 1.29 is 8.42 Å². The molecule has 3 N–H and O–H groups in total. The van der Waals surface area contributed by atoms with E-state index in [-0.39, 0.29) is 0 Å². The fraction of sp³-hybridized carbons (Fsp3) is 0.714. The van der Waals surface area contributed by atoms with Gasteiger partial charge in [-0.3, -0.25) is 0 Å². The van der Waals surface area contributed by atoms with Crippen LogP contribution >= 0.6 is 0 Å². The quantitative estimate of drug-likeness (QED) is 0.865. The zero-order valence-electron chi connectivity index (χ0n) is 11.9. The van der Waals surface area contributed by atoms with E-state index in [1.165, 1.54) is 36.2 Å². The van der Waals surface area contributed by atoms with Gasteiger partial charge in [0.2, 0.25) is 10.0 Å². The lowest BCUT2D eigenvalue weighted by molar-refractivity contribution is 0.280. The number of hydrogen-bond acceptors (Lipinski definition) is 3. The minimum Gasteiger partial charge on any atom is -0.363 e. The summed E-state index contributed by atoms with van der Waals surface area (Å²) in [6.45, 7) is 0.970. The Morgan fingerprint density at radius 3 is 2.75 bits per heavy atom. The molecule has 1 aromatic heterocycles. The van der Waals surface area contributed by atoms with Crippen molar-refractivity contribution in [3.63, 3.8) is 0 Å². The van der Waals surface area contributed by atoms with Crippen LogP contribution < -0.4 is 5.73 Å². The third kappa shape index (κ3) is 2.40. The SMILES string of the molecule is CN(CC1CC2CCC1C2)S(=O)(=O)c1c[nH]c(CN)c1. The molecule has 0 radical (unpaired) electrons. The largest absolute Gasteiger partial charge is 0.363 e. The summed E-state index contributed by atoms with van der Waals surface area (Å²) >= 11 is 0. The first kappa shape index (κ1) is 14.1. The number of sulfonamides is 1. The molecule has 0 saturated heterocycles. The van der Waals surface area contributed by atoms with E-state index in [4.69, 9.17) is 5.73 Å². The van der Waals surface area contributed by atoms with Crippen LogP contribution in [0.4, 0.5) is 0 Å². The molecule has 3 unspecified atom stereocenters. The molecular weight excluding hydrogens is 274 g/mol. The Bertz CT molecular complexity index is 581. The predicted octanol–water partition coefficient (Wildman–Crippen LogP) is 1.53. The number of rotatable bonds is 5. The maximum atomic E-state index is 12.5. The smallest absolute Gasteiger partial charge is 0.244 e. The van der Waals surface area contributed by atoms with E-state index in [1.54, 1.807) is 13.1 Å². The number of nitrogens with two attached hydrogens (primary N) is 1. The van der Waals surface area contributed by atoms with Gasteiger partial charge in [-0.05, 0) is 43.1 Å². The Hall–Kier alpha value is -0.850. The Morgan fingerprint density at radius 1 is 1.40 bits per heavy atom. The lowest BCUT2D eigenvalue weighted by atomic mass is 9.89. The summed E-state index contributed by atoms with van der Waals surface area (Å²) in [5.41, 5.74) is 6.26. The van der Waals surface area contributed by atoms with E-state index in [0.717, 1.165) is 17.5 Å². The third-order valence-corrected chi connectivity index (χ3v) is 6.82. The molecule has 3 rings (SSSR count). The fourth-order valence-corrected chi connectivity index (χ4v) is 5.14. The average molecular weight is 297 g/mol. The molecule has 2 aliphatic carbocycles. The Labute approximate surface area is 120 Å². The first-order chi connectivity index (χ1) is 9.50. The van der Waals surface area contributed by atoms with Crippen LogP contribution in [0.2, 0.25) is 0 Å². The van der Waals surface area contributed by atoms with Crippen LogP contribution in [-0.2, 0) is 16.6 Å². The molecule has 0 spiro atoms. The minimum absolute atomic E-state index is 0.323. The molecule has 0 aliphatic heterocycles. The highest BCUT2D eigenvalue weighted by atomic mass is 32.2. The highest BCUT2D eigenvalue weighted by molar-refractivity contribution is 7.89. The van der Waals surface area contributed by atoms with Crippen LogP contribution in [0.5, 0.6) is 0 Å². The first-order valence-electron chi connectivity index (χ1n) is 7.34. The molecule has 6 heteroatoms. The summed E-state index contributed by atoms with van der Waals surface area (Å²) in [5.74, 6) is 2.13. The van der Waals surface area contributed by atoms with Crippen molar-refractivity contribution in [2.45, 2.75) is 37.1 Å². The molecule has 1 heterocycles. The second kappa shape index (κ2) is 5.16. The molecule has 112 valence electrons. The van der Waals surface area contributed by atoms with Gasteiger partial charge in [0.15, 0.2) is 0 Å². The predicted molar refractivity (Wildman–Crippen MR) is 77.4 cm³/mol. The van der Waals surface area contributed by atoms with E-state index in [9.17, 15) is 8.42 Å². The Balaban J connectivity index is 1.70. The van der Waals surface area contributed by atoms with Crippen LogP contribution in [0.3, 0.4) is 0 Å². The van der Waals surface area contributed by atoms with Crippen LogP contribution in [0.15, 0.2) is 17.2 Å². The summed E-state index contributed by atoms with van der Waals surface area (Å²) in [4.78, 5) is 3.23. The Kier molecular flexibility index (Phi) is 3.64. The molecule has 0 aromatic carbocycles. The van der Waals surface area contributed by atoms with Crippen LogP contribution in [0.1, 0.15) is 31.4 Å².